The van der Waals surface area contributed by atoms with Gasteiger partial charge in [0, 0.05) is 32.4 Å². The van der Waals surface area contributed by atoms with Crippen LogP contribution in [-0.2, 0) is 16.2 Å². The highest BCUT2D eigenvalue weighted by Crippen LogP contribution is 2.32. The number of sulfonamides is 1. The normalized spacial score (nSPS) is 16.1. The number of alkyl halides is 3. The number of amides is 1. The van der Waals surface area contributed by atoms with E-state index >= 15 is 0 Å². The lowest BCUT2D eigenvalue weighted by molar-refractivity contribution is -0.137. The molecule has 3 rings (SSSR count). The third kappa shape index (κ3) is 4.17. The van der Waals surface area contributed by atoms with Crippen molar-refractivity contribution in [2.45, 2.75) is 11.1 Å². The molecule has 12 heteroatoms. The Kier molecular flexibility index (Phi) is 5.50. The Morgan fingerprint density at radius 3 is 2.34 bits per heavy atom. The van der Waals surface area contributed by atoms with Gasteiger partial charge in [-0.1, -0.05) is 0 Å². The van der Waals surface area contributed by atoms with Crippen molar-refractivity contribution in [2.24, 2.45) is 5.73 Å². The van der Waals surface area contributed by atoms with E-state index in [9.17, 15) is 30.8 Å². The van der Waals surface area contributed by atoms with Crippen molar-refractivity contribution in [3.63, 3.8) is 0 Å². The second-order valence-corrected chi connectivity index (χ2v) is 8.18. The van der Waals surface area contributed by atoms with Crippen molar-refractivity contribution in [1.82, 2.24) is 9.29 Å². The number of hydrogen-bond acceptors (Lipinski definition) is 5. The zero-order valence-corrected chi connectivity index (χ0v) is 15.7. The summed E-state index contributed by atoms with van der Waals surface area (Å²) in [5, 5.41) is 0. The van der Waals surface area contributed by atoms with E-state index in [1.807, 2.05) is 0 Å². The third-order valence-electron chi connectivity index (χ3n) is 4.47. The molecule has 1 amide bonds. The Morgan fingerprint density at radius 2 is 1.76 bits per heavy atom. The SMILES string of the molecule is NC(=O)c1cccnc1N1CCN(S(=O)(=O)c2cc(C(F)(F)F)ccc2F)CC1. The third-order valence-corrected chi connectivity index (χ3v) is 6.38. The van der Waals surface area contributed by atoms with Crippen LogP contribution in [0.15, 0.2) is 41.4 Å². The van der Waals surface area contributed by atoms with Crippen LogP contribution in [0.5, 0.6) is 0 Å². The molecule has 29 heavy (non-hydrogen) atoms. The molecule has 1 aliphatic heterocycles. The summed E-state index contributed by atoms with van der Waals surface area (Å²) >= 11 is 0. The van der Waals surface area contributed by atoms with Gasteiger partial charge >= 0.3 is 6.18 Å². The molecule has 1 aromatic heterocycles. The van der Waals surface area contributed by atoms with Crippen molar-refractivity contribution < 1.29 is 30.8 Å². The predicted molar refractivity (Wildman–Crippen MR) is 95.1 cm³/mol. The van der Waals surface area contributed by atoms with Crippen LogP contribution in [0.3, 0.4) is 0 Å². The fraction of sp³-hybridized carbons (Fsp3) is 0.294. The number of nitrogens with two attached hydrogens (primary N) is 1. The first-order valence-electron chi connectivity index (χ1n) is 8.38. The van der Waals surface area contributed by atoms with Crippen LogP contribution in [-0.4, -0.2) is 49.8 Å². The molecular formula is C17H16F4N4O3S. The molecule has 1 saturated heterocycles. The van der Waals surface area contributed by atoms with E-state index < -0.39 is 38.4 Å². The van der Waals surface area contributed by atoms with Crippen LogP contribution < -0.4 is 10.6 Å². The minimum Gasteiger partial charge on any atom is -0.365 e. The fourth-order valence-electron chi connectivity index (χ4n) is 3.00. The number of primary amides is 1. The lowest BCUT2D eigenvalue weighted by atomic mass is 10.2. The molecule has 0 radical (unpaired) electrons. The monoisotopic (exact) mass is 432 g/mol. The maximum atomic E-state index is 14.0. The molecule has 2 N–H and O–H groups in total. The summed E-state index contributed by atoms with van der Waals surface area (Å²) in [6.07, 6.45) is -3.36. The average Bonchev–Trinajstić information content (AvgIpc) is 2.67. The second-order valence-electron chi connectivity index (χ2n) is 6.27. The number of benzene rings is 1. The summed E-state index contributed by atoms with van der Waals surface area (Å²) in [5.41, 5.74) is 4.22. The standard InChI is InChI=1S/C17H16F4N4O3S/c18-13-4-3-11(17(19,20)21)10-14(13)29(27,28)25-8-6-24(7-9-25)16-12(15(22)26)2-1-5-23-16/h1-5,10H,6-9H2,(H2,22,26). The number of carbonyl (C=O) groups excluding carboxylic acids is 1. The Labute approximate surface area is 163 Å². The van der Waals surface area contributed by atoms with Crippen LogP contribution in [0.1, 0.15) is 15.9 Å². The highest BCUT2D eigenvalue weighted by molar-refractivity contribution is 7.89. The summed E-state index contributed by atoms with van der Waals surface area (Å²) in [6, 6.07) is 4.27. The lowest BCUT2D eigenvalue weighted by Crippen LogP contribution is -2.49. The zero-order chi connectivity index (χ0) is 21.4. The van der Waals surface area contributed by atoms with E-state index in [4.69, 9.17) is 5.73 Å². The Morgan fingerprint density at radius 1 is 1.10 bits per heavy atom. The van der Waals surface area contributed by atoms with Gasteiger partial charge in [-0.3, -0.25) is 4.79 Å². The Balaban J connectivity index is 1.83. The van der Waals surface area contributed by atoms with Crippen molar-refractivity contribution in [2.75, 3.05) is 31.1 Å². The first-order chi connectivity index (χ1) is 13.5. The van der Waals surface area contributed by atoms with E-state index in [0.29, 0.717) is 18.2 Å². The zero-order valence-electron chi connectivity index (χ0n) is 14.9. The van der Waals surface area contributed by atoms with Crippen LogP contribution in [0, 0.1) is 5.82 Å². The smallest absolute Gasteiger partial charge is 0.365 e. The van der Waals surface area contributed by atoms with E-state index in [0.717, 1.165) is 4.31 Å². The van der Waals surface area contributed by atoms with Crippen molar-refractivity contribution in [1.29, 1.82) is 0 Å². The van der Waals surface area contributed by atoms with Gasteiger partial charge in [0.15, 0.2) is 0 Å². The number of halogens is 4. The van der Waals surface area contributed by atoms with Crippen LogP contribution in [0.4, 0.5) is 23.4 Å². The van der Waals surface area contributed by atoms with Gasteiger partial charge in [0.1, 0.15) is 16.5 Å². The summed E-state index contributed by atoms with van der Waals surface area (Å²) in [5.74, 6) is -1.68. The molecule has 2 aromatic rings. The highest BCUT2D eigenvalue weighted by atomic mass is 32.2. The van der Waals surface area contributed by atoms with Gasteiger partial charge in [-0.25, -0.2) is 17.8 Å². The average molecular weight is 432 g/mol. The number of piperazine rings is 1. The second kappa shape index (κ2) is 7.59. The number of pyridine rings is 1. The topological polar surface area (TPSA) is 96.6 Å². The van der Waals surface area contributed by atoms with Crippen molar-refractivity contribution >= 4 is 21.7 Å². The molecule has 0 aliphatic carbocycles. The summed E-state index contributed by atoms with van der Waals surface area (Å²) in [4.78, 5) is 16.2. The molecule has 1 aliphatic rings. The summed E-state index contributed by atoms with van der Waals surface area (Å²) < 4.78 is 79.0. The Bertz CT molecular complexity index is 1040. The summed E-state index contributed by atoms with van der Waals surface area (Å²) in [6.45, 7) is -0.0756. The molecule has 0 spiro atoms. The first-order valence-corrected chi connectivity index (χ1v) is 9.82. The van der Waals surface area contributed by atoms with Gasteiger partial charge in [0.05, 0.1) is 11.1 Å². The van der Waals surface area contributed by atoms with Gasteiger partial charge in [-0.15, -0.1) is 0 Å². The minimum atomic E-state index is -4.80. The quantitative estimate of drug-likeness (QED) is 0.744. The fourth-order valence-corrected chi connectivity index (χ4v) is 4.51. The van der Waals surface area contributed by atoms with Crippen molar-refractivity contribution in [3.8, 4) is 0 Å². The highest BCUT2D eigenvalue weighted by Gasteiger charge is 2.36. The van der Waals surface area contributed by atoms with Crippen LogP contribution in [0.2, 0.25) is 0 Å². The maximum Gasteiger partial charge on any atom is 0.416 e. The van der Waals surface area contributed by atoms with E-state index in [1.54, 1.807) is 4.90 Å². The van der Waals surface area contributed by atoms with E-state index in [2.05, 4.69) is 4.98 Å². The molecule has 0 atom stereocenters. The molecule has 1 aromatic carbocycles. The van der Waals surface area contributed by atoms with Gasteiger partial charge in [-0.2, -0.15) is 17.5 Å². The van der Waals surface area contributed by atoms with Crippen molar-refractivity contribution in [3.05, 3.63) is 53.5 Å². The van der Waals surface area contributed by atoms with Gasteiger partial charge < -0.3 is 10.6 Å². The van der Waals surface area contributed by atoms with Crippen LogP contribution in [0.25, 0.3) is 0 Å². The molecule has 0 bridgehead atoms. The number of nitrogens with zero attached hydrogens (tertiary/aromatic N) is 3. The molecule has 0 saturated carbocycles. The number of aromatic nitrogens is 1. The van der Waals surface area contributed by atoms with E-state index in [1.165, 1.54) is 18.3 Å². The molecule has 2 heterocycles. The molecular weight excluding hydrogens is 416 g/mol. The summed E-state index contributed by atoms with van der Waals surface area (Å²) in [7, 11) is -4.49. The van der Waals surface area contributed by atoms with Gasteiger partial charge in [0.25, 0.3) is 5.91 Å². The number of anilines is 1. The van der Waals surface area contributed by atoms with Gasteiger partial charge in [-0.05, 0) is 30.3 Å². The predicted octanol–water partition coefficient (Wildman–Crippen LogP) is 1.85. The number of hydrogen-bond donors (Lipinski definition) is 1. The first kappa shape index (κ1) is 21.0. The van der Waals surface area contributed by atoms with E-state index in [-0.39, 0.29) is 37.6 Å². The largest absolute Gasteiger partial charge is 0.416 e. The molecule has 1 fully saturated rings. The van der Waals surface area contributed by atoms with Gasteiger partial charge in [0.2, 0.25) is 10.0 Å². The minimum absolute atomic E-state index is 0.0943. The maximum absolute atomic E-state index is 14.0. The number of carbonyl (C=O) groups is 1. The lowest BCUT2D eigenvalue weighted by Gasteiger charge is -2.35. The molecule has 7 nitrogen and oxygen atoms in total. The molecule has 156 valence electrons. The number of rotatable bonds is 4. The Hall–Kier alpha value is -2.73. The molecule has 0 unspecified atom stereocenters. The van der Waals surface area contributed by atoms with Crippen LogP contribution >= 0.6 is 0 Å².